The molecule has 0 N–H and O–H groups in total. The average molecular weight is 245 g/mol. The highest BCUT2D eigenvalue weighted by Crippen LogP contribution is 2.36. The topological polar surface area (TPSA) is 37.4 Å². The van der Waals surface area contributed by atoms with Crippen molar-refractivity contribution in [3.05, 3.63) is 34.9 Å². The van der Waals surface area contributed by atoms with Crippen molar-refractivity contribution in [2.24, 2.45) is 0 Å². The maximum absolute atomic E-state index is 12.4. The summed E-state index contributed by atoms with van der Waals surface area (Å²) in [6, 6.07) is 5.69. The molecule has 0 fully saturated rings. The lowest BCUT2D eigenvalue weighted by Crippen LogP contribution is -2.34. The average Bonchev–Trinajstić information content (AvgIpc) is 2.70. The van der Waals surface area contributed by atoms with Crippen LogP contribution < -0.4 is 0 Å². The molecule has 0 aliphatic heterocycles. The van der Waals surface area contributed by atoms with Crippen LogP contribution in [0.3, 0.4) is 0 Å². The number of amides is 1. The molecule has 0 saturated heterocycles. The van der Waals surface area contributed by atoms with Crippen molar-refractivity contribution in [1.82, 2.24) is 4.90 Å². The normalized spacial score (nSPS) is 17.7. The highest BCUT2D eigenvalue weighted by atomic mass is 16.2. The summed E-state index contributed by atoms with van der Waals surface area (Å²) < 4.78 is 0. The van der Waals surface area contributed by atoms with Crippen molar-refractivity contribution in [1.29, 1.82) is 0 Å². The molecule has 0 aromatic heterocycles. The van der Waals surface area contributed by atoms with Gasteiger partial charge in [-0.1, -0.05) is 18.2 Å². The number of benzene rings is 1. The molecule has 18 heavy (non-hydrogen) atoms. The summed E-state index contributed by atoms with van der Waals surface area (Å²) in [5, 5.41) is 0. The van der Waals surface area contributed by atoms with E-state index in [1.807, 2.05) is 39.0 Å². The zero-order chi connectivity index (χ0) is 13.3. The fraction of sp³-hybridized carbons (Fsp3) is 0.467. The van der Waals surface area contributed by atoms with Crippen LogP contribution in [0.4, 0.5) is 0 Å². The van der Waals surface area contributed by atoms with Gasteiger partial charge in [0.2, 0.25) is 5.91 Å². The van der Waals surface area contributed by atoms with Crippen molar-refractivity contribution >= 4 is 11.7 Å². The molecule has 1 aliphatic carbocycles. The number of ketones is 1. The molecule has 3 heteroatoms. The zero-order valence-corrected chi connectivity index (χ0v) is 11.2. The van der Waals surface area contributed by atoms with Gasteiger partial charge in [0.05, 0.1) is 5.92 Å². The van der Waals surface area contributed by atoms with Crippen molar-refractivity contribution in [2.45, 2.75) is 33.1 Å². The Labute approximate surface area is 108 Å². The first-order chi connectivity index (χ1) is 8.60. The summed E-state index contributed by atoms with van der Waals surface area (Å²) >= 11 is 0. The maximum Gasteiger partial charge on any atom is 0.230 e. The molecule has 1 amide bonds. The van der Waals surface area contributed by atoms with E-state index in [0.717, 1.165) is 16.7 Å². The minimum absolute atomic E-state index is 0.0846. The first-order valence-corrected chi connectivity index (χ1v) is 6.51. The van der Waals surface area contributed by atoms with Gasteiger partial charge in [0, 0.05) is 25.1 Å². The number of Topliss-reactive ketones (excluding diaryl/α,β-unsaturated/α-hetero) is 1. The van der Waals surface area contributed by atoms with Gasteiger partial charge in [-0.15, -0.1) is 0 Å². The Balaban J connectivity index is 2.40. The first kappa shape index (κ1) is 12.8. The number of likely N-dealkylation sites (N-methyl/N-ethyl adjacent to an activating group) is 1. The number of hydrogen-bond acceptors (Lipinski definition) is 2. The Kier molecular flexibility index (Phi) is 3.50. The van der Waals surface area contributed by atoms with Gasteiger partial charge >= 0.3 is 0 Å². The summed E-state index contributed by atoms with van der Waals surface area (Å²) in [7, 11) is 0. The van der Waals surface area contributed by atoms with Crippen LogP contribution in [0.5, 0.6) is 0 Å². The van der Waals surface area contributed by atoms with E-state index in [9.17, 15) is 9.59 Å². The van der Waals surface area contributed by atoms with Crippen LogP contribution in [0, 0.1) is 6.92 Å². The smallest absolute Gasteiger partial charge is 0.230 e. The van der Waals surface area contributed by atoms with Crippen LogP contribution >= 0.6 is 0 Å². The van der Waals surface area contributed by atoms with Gasteiger partial charge in [-0.2, -0.15) is 0 Å². The van der Waals surface area contributed by atoms with Crippen molar-refractivity contribution in [2.75, 3.05) is 13.1 Å². The molecular formula is C15H19NO2. The number of nitrogens with zero attached hydrogens (tertiary/aromatic N) is 1. The van der Waals surface area contributed by atoms with Crippen LogP contribution in [-0.4, -0.2) is 29.7 Å². The van der Waals surface area contributed by atoms with E-state index in [0.29, 0.717) is 19.5 Å². The fourth-order valence-corrected chi connectivity index (χ4v) is 2.75. The van der Waals surface area contributed by atoms with E-state index in [2.05, 4.69) is 0 Å². The Morgan fingerprint density at radius 3 is 2.61 bits per heavy atom. The summed E-state index contributed by atoms with van der Waals surface area (Å²) in [5.41, 5.74) is 2.73. The van der Waals surface area contributed by atoms with Crippen LogP contribution in [0.25, 0.3) is 0 Å². The molecule has 1 aromatic carbocycles. The number of rotatable bonds is 3. The molecule has 1 aromatic rings. The largest absolute Gasteiger partial charge is 0.343 e. The van der Waals surface area contributed by atoms with E-state index in [4.69, 9.17) is 0 Å². The lowest BCUT2D eigenvalue weighted by Gasteiger charge is -2.23. The third kappa shape index (κ3) is 1.94. The molecule has 3 nitrogen and oxygen atoms in total. The van der Waals surface area contributed by atoms with E-state index >= 15 is 0 Å². The van der Waals surface area contributed by atoms with Gasteiger partial charge in [-0.25, -0.2) is 0 Å². The summed E-state index contributed by atoms with van der Waals surface area (Å²) in [4.78, 5) is 26.2. The second-order valence-electron chi connectivity index (χ2n) is 4.73. The standard InChI is InChI=1S/C15H19NO2/c1-4-16(5-2)15(18)12-9-13(17)11-8-6-7-10(3)14(11)12/h6-8,12H,4-5,9H2,1-3H3. The number of hydrogen-bond donors (Lipinski definition) is 0. The van der Waals surface area contributed by atoms with Crippen LogP contribution in [0.1, 0.15) is 47.7 Å². The van der Waals surface area contributed by atoms with Crippen molar-refractivity contribution < 1.29 is 9.59 Å². The fourth-order valence-electron chi connectivity index (χ4n) is 2.75. The molecule has 0 saturated carbocycles. The molecule has 2 rings (SSSR count). The monoisotopic (exact) mass is 245 g/mol. The Morgan fingerprint density at radius 2 is 2.00 bits per heavy atom. The van der Waals surface area contributed by atoms with E-state index in [1.54, 1.807) is 4.90 Å². The van der Waals surface area contributed by atoms with Gasteiger partial charge in [0.1, 0.15) is 0 Å². The third-order valence-electron chi connectivity index (χ3n) is 3.74. The SMILES string of the molecule is CCN(CC)C(=O)C1CC(=O)c2cccc(C)c21. The molecule has 0 radical (unpaired) electrons. The zero-order valence-electron chi connectivity index (χ0n) is 11.2. The van der Waals surface area contributed by atoms with Crippen LogP contribution in [0.2, 0.25) is 0 Å². The third-order valence-corrected chi connectivity index (χ3v) is 3.74. The van der Waals surface area contributed by atoms with Crippen LogP contribution in [0.15, 0.2) is 18.2 Å². The number of aryl methyl sites for hydroxylation is 1. The van der Waals surface area contributed by atoms with E-state index in [1.165, 1.54) is 0 Å². The molecular weight excluding hydrogens is 226 g/mol. The van der Waals surface area contributed by atoms with Gasteiger partial charge in [0.15, 0.2) is 5.78 Å². The Hall–Kier alpha value is -1.64. The molecule has 1 unspecified atom stereocenters. The predicted octanol–water partition coefficient (Wildman–Crippen LogP) is 2.53. The first-order valence-electron chi connectivity index (χ1n) is 6.51. The van der Waals surface area contributed by atoms with Gasteiger partial charge in [0.25, 0.3) is 0 Å². The Bertz CT molecular complexity index is 489. The minimum atomic E-state index is -0.270. The van der Waals surface area contributed by atoms with Crippen LogP contribution in [-0.2, 0) is 4.79 Å². The summed E-state index contributed by atoms with van der Waals surface area (Å²) in [6.07, 6.45) is 0.329. The summed E-state index contributed by atoms with van der Waals surface area (Å²) in [5.74, 6) is -0.0887. The van der Waals surface area contributed by atoms with Gasteiger partial charge in [-0.3, -0.25) is 9.59 Å². The van der Waals surface area contributed by atoms with E-state index < -0.39 is 0 Å². The second kappa shape index (κ2) is 4.92. The van der Waals surface area contributed by atoms with Crippen molar-refractivity contribution in [3.8, 4) is 0 Å². The quantitative estimate of drug-likeness (QED) is 0.820. The second-order valence-corrected chi connectivity index (χ2v) is 4.73. The molecule has 96 valence electrons. The molecule has 1 atom stereocenters. The lowest BCUT2D eigenvalue weighted by atomic mass is 9.95. The Morgan fingerprint density at radius 1 is 1.33 bits per heavy atom. The van der Waals surface area contributed by atoms with E-state index in [-0.39, 0.29) is 17.6 Å². The van der Waals surface area contributed by atoms with Gasteiger partial charge in [-0.05, 0) is 31.9 Å². The molecule has 0 heterocycles. The summed E-state index contributed by atoms with van der Waals surface area (Å²) in [6.45, 7) is 7.30. The molecule has 0 bridgehead atoms. The number of carbonyl (C=O) groups excluding carboxylic acids is 2. The highest BCUT2D eigenvalue weighted by molar-refractivity contribution is 6.07. The minimum Gasteiger partial charge on any atom is -0.343 e. The van der Waals surface area contributed by atoms with Crippen molar-refractivity contribution in [3.63, 3.8) is 0 Å². The number of fused-ring (bicyclic) bond motifs is 1. The highest BCUT2D eigenvalue weighted by Gasteiger charge is 2.36. The number of carbonyl (C=O) groups is 2. The van der Waals surface area contributed by atoms with Gasteiger partial charge < -0.3 is 4.90 Å². The lowest BCUT2D eigenvalue weighted by molar-refractivity contribution is -0.132. The molecule has 0 spiro atoms. The predicted molar refractivity (Wildman–Crippen MR) is 70.8 cm³/mol. The molecule has 1 aliphatic rings. The maximum atomic E-state index is 12.4.